The summed E-state index contributed by atoms with van der Waals surface area (Å²) in [6.45, 7) is 0.603. The number of aryl methyl sites for hydroxylation is 1. The van der Waals surface area contributed by atoms with E-state index < -0.39 is 17.5 Å². The zero-order chi connectivity index (χ0) is 22.4. The van der Waals surface area contributed by atoms with Gasteiger partial charge in [0.15, 0.2) is 23.3 Å². The first kappa shape index (κ1) is 20.0. The van der Waals surface area contributed by atoms with Crippen molar-refractivity contribution < 1.29 is 18.0 Å². The molecule has 162 valence electrons. The number of pyridine rings is 1. The Morgan fingerprint density at radius 2 is 1.88 bits per heavy atom. The SMILES string of the molecule is Cn1nc2c(c1-c1cc(F)c(F)c(F)c1)CCN(C(=O)c1cccc(-n3cccn3)n1)C2. The number of carbonyl (C=O) groups excluding carboxylic acids is 1. The van der Waals surface area contributed by atoms with Gasteiger partial charge in [-0.2, -0.15) is 10.2 Å². The second kappa shape index (κ2) is 7.63. The molecule has 0 atom stereocenters. The number of rotatable bonds is 3. The van der Waals surface area contributed by atoms with E-state index >= 15 is 0 Å². The van der Waals surface area contributed by atoms with Gasteiger partial charge in [0.2, 0.25) is 0 Å². The van der Waals surface area contributed by atoms with Gasteiger partial charge >= 0.3 is 0 Å². The van der Waals surface area contributed by atoms with E-state index in [2.05, 4.69) is 15.2 Å². The van der Waals surface area contributed by atoms with E-state index in [0.717, 1.165) is 17.7 Å². The molecule has 4 aromatic rings. The number of hydrogen-bond donors (Lipinski definition) is 0. The van der Waals surface area contributed by atoms with Crippen molar-refractivity contribution in [2.45, 2.75) is 13.0 Å². The lowest BCUT2D eigenvalue weighted by Crippen LogP contribution is -2.36. The zero-order valence-electron chi connectivity index (χ0n) is 17.0. The third-order valence-electron chi connectivity index (χ3n) is 5.44. The van der Waals surface area contributed by atoms with Gasteiger partial charge in [0.1, 0.15) is 5.69 Å². The highest BCUT2D eigenvalue weighted by Crippen LogP contribution is 2.32. The number of fused-ring (bicyclic) bond motifs is 1. The Morgan fingerprint density at radius 3 is 2.59 bits per heavy atom. The van der Waals surface area contributed by atoms with E-state index in [0.29, 0.717) is 30.2 Å². The average Bonchev–Trinajstić information content (AvgIpc) is 3.43. The van der Waals surface area contributed by atoms with Crippen molar-refractivity contribution in [1.82, 2.24) is 29.4 Å². The van der Waals surface area contributed by atoms with Gasteiger partial charge in [-0.25, -0.2) is 22.8 Å². The number of amides is 1. The van der Waals surface area contributed by atoms with Crippen LogP contribution in [-0.2, 0) is 20.0 Å². The van der Waals surface area contributed by atoms with E-state index in [1.165, 1.54) is 4.68 Å². The Labute approximate surface area is 180 Å². The van der Waals surface area contributed by atoms with Crippen LogP contribution in [0.25, 0.3) is 17.1 Å². The molecule has 0 saturated heterocycles. The molecule has 0 radical (unpaired) electrons. The second-order valence-electron chi connectivity index (χ2n) is 7.46. The van der Waals surface area contributed by atoms with Gasteiger partial charge in [0, 0.05) is 37.1 Å². The maximum Gasteiger partial charge on any atom is 0.272 e. The monoisotopic (exact) mass is 438 g/mol. The van der Waals surface area contributed by atoms with Crippen LogP contribution in [0.15, 0.2) is 48.8 Å². The molecule has 3 aromatic heterocycles. The highest BCUT2D eigenvalue weighted by molar-refractivity contribution is 5.92. The first-order chi connectivity index (χ1) is 15.4. The lowest BCUT2D eigenvalue weighted by Gasteiger charge is -2.26. The Kier molecular flexibility index (Phi) is 4.76. The highest BCUT2D eigenvalue weighted by Gasteiger charge is 2.29. The second-order valence-corrected chi connectivity index (χ2v) is 7.46. The molecule has 1 aliphatic rings. The molecule has 0 fully saturated rings. The summed E-state index contributed by atoms with van der Waals surface area (Å²) in [5.74, 6) is -3.75. The molecule has 0 aliphatic carbocycles. The summed E-state index contributed by atoms with van der Waals surface area (Å²) in [5, 5.41) is 8.57. The Hall–Kier alpha value is -3.95. The van der Waals surface area contributed by atoms with Crippen molar-refractivity contribution in [3.8, 4) is 17.1 Å². The van der Waals surface area contributed by atoms with Gasteiger partial charge in [0.05, 0.1) is 17.9 Å². The van der Waals surface area contributed by atoms with E-state index in [4.69, 9.17) is 0 Å². The molecule has 4 heterocycles. The number of nitrogens with zero attached hydrogens (tertiary/aromatic N) is 6. The van der Waals surface area contributed by atoms with Crippen LogP contribution in [0, 0.1) is 17.5 Å². The quantitative estimate of drug-likeness (QED) is 0.461. The molecule has 5 rings (SSSR count). The van der Waals surface area contributed by atoms with Crippen LogP contribution in [0.5, 0.6) is 0 Å². The van der Waals surface area contributed by atoms with Crippen molar-refractivity contribution >= 4 is 5.91 Å². The molecule has 1 amide bonds. The Balaban J connectivity index is 1.43. The van der Waals surface area contributed by atoms with Crippen molar-refractivity contribution in [2.24, 2.45) is 7.05 Å². The Bertz CT molecular complexity index is 1310. The smallest absolute Gasteiger partial charge is 0.272 e. The zero-order valence-corrected chi connectivity index (χ0v) is 17.0. The summed E-state index contributed by atoms with van der Waals surface area (Å²) in [6.07, 6.45) is 3.80. The highest BCUT2D eigenvalue weighted by atomic mass is 19.2. The third-order valence-corrected chi connectivity index (χ3v) is 5.44. The van der Waals surface area contributed by atoms with Crippen LogP contribution in [0.1, 0.15) is 21.7 Å². The van der Waals surface area contributed by atoms with Gasteiger partial charge in [-0.3, -0.25) is 9.48 Å². The molecule has 0 spiro atoms. The summed E-state index contributed by atoms with van der Waals surface area (Å²) in [4.78, 5) is 19.1. The largest absolute Gasteiger partial charge is 0.331 e. The molecule has 0 N–H and O–H groups in total. The number of hydrogen-bond acceptors (Lipinski definition) is 4. The third kappa shape index (κ3) is 3.33. The van der Waals surface area contributed by atoms with Crippen LogP contribution in [0.3, 0.4) is 0 Å². The predicted molar refractivity (Wildman–Crippen MR) is 108 cm³/mol. The fraction of sp³-hybridized carbons (Fsp3) is 0.182. The van der Waals surface area contributed by atoms with Crippen molar-refractivity contribution in [3.05, 3.63) is 83.2 Å². The molecular weight excluding hydrogens is 421 g/mol. The molecule has 32 heavy (non-hydrogen) atoms. The predicted octanol–water partition coefficient (Wildman–Crippen LogP) is 3.28. The lowest BCUT2D eigenvalue weighted by atomic mass is 9.99. The van der Waals surface area contributed by atoms with Crippen molar-refractivity contribution in [1.29, 1.82) is 0 Å². The van der Waals surface area contributed by atoms with Crippen molar-refractivity contribution in [3.63, 3.8) is 0 Å². The fourth-order valence-corrected chi connectivity index (χ4v) is 3.98. The van der Waals surface area contributed by atoms with Gasteiger partial charge in [-0.1, -0.05) is 6.07 Å². The maximum absolute atomic E-state index is 13.8. The summed E-state index contributed by atoms with van der Waals surface area (Å²) in [5.41, 5.74) is 2.38. The minimum atomic E-state index is -1.51. The van der Waals surface area contributed by atoms with Crippen LogP contribution in [-0.4, -0.2) is 41.9 Å². The average molecular weight is 438 g/mol. The van der Waals surface area contributed by atoms with E-state index in [9.17, 15) is 18.0 Å². The fourth-order valence-electron chi connectivity index (χ4n) is 3.98. The standard InChI is InChI=1S/C22H17F3N6O/c1-29-21(13-10-15(23)20(25)16(24)11-13)14-6-9-30(12-18(14)28-29)22(32)17-4-2-5-19(27-17)31-8-3-7-26-31/h2-5,7-8,10-11H,6,9,12H2,1H3. The summed E-state index contributed by atoms with van der Waals surface area (Å²) < 4.78 is 44.0. The van der Waals surface area contributed by atoms with Crippen LogP contribution >= 0.6 is 0 Å². The van der Waals surface area contributed by atoms with Crippen molar-refractivity contribution in [2.75, 3.05) is 6.54 Å². The number of halogens is 3. The molecule has 10 heteroatoms. The molecule has 7 nitrogen and oxygen atoms in total. The molecular formula is C22H17F3N6O. The Morgan fingerprint density at radius 1 is 1.09 bits per heavy atom. The van der Waals surface area contributed by atoms with Crippen LogP contribution in [0.2, 0.25) is 0 Å². The molecule has 0 unspecified atom stereocenters. The van der Waals surface area contributed by atoms with Gasteiger partial charge in [0.25, 0.3) is 5.91 Å². The first-order valence-electron chi connectivity index (χ1n) is 9.88. The molecule has 0 saturated carbocycles. The minimum absolute atomic E-state index is 0.200. The van der Waals surface area contributed by atoms with Gasteiger partial charge in [-0.05, 0) is 36.8 Å². The molecule has 1 aromatic carbocycles. The summed E-state index contributed by atoms with van der Waals surface area (Å²) >= 11 is 0. The maximum atomic E-state index is 13.8. The van der Waals surface area contributed by atoms with Gasteiger partial charge in [-0.15, -0.1) is 0 Å². The number of carbonyl (C=O) groups is 1. The normalized spacial score (nSPS) is 13.3. The molecule has 1 aliphatic heterocycles. The van der Waals surface area contributed by atoms with E-state index in [1.807, 2.05) is 0 Å². The lowest BCUT2D eigenvalue weighted by molar-refractivity contribution is 0.0726. The van der Waals surface area contributed by atoms with E-state index in [-0.39, 0.29) is 23.7 Å². The van der Waals surface area contributed by atoms with Crippen LogP contribution in [0.4, 0.5) is 13.2 Å². The topological polar surface area (TPSA) is 68.8 Å². The van der Waals surface area contributed by atoms with E-state index in [1.54, 1.807) is 53.3 Å². The number of aromatic nitrogens is 5. The summed E-state index contributed by atoms with van der Waals surface area (Å²) in [6, 6.07) is 8.81. The number of benzene rings is 1. The minimum Gasteiger partial charge on any atom is -0.331 e. The van der Waals surface area contributed by atoms with Crippen LogP contribution < -0.4 is 0 Å². The van der Waals surface area contributed by atoms with Gasteiger partial charge < -0.3 is 4.90 Å². The summed E-state index contributed by atoms with van der Waals surface area (Å²) in [7, 11) is 1.65. The first-order valence-corrected chi connectivity index (χ1v) is 9.88. The molecule has 0 bridgehead atoms.